The van der Waals surface area contributed by atoms with E-state index in [-0.39, 0.29) is 29.6 Å². The molecule has 2 N–H and O–H groups in total. The molecule has 1 unspecified atom stereocenters. The minimum Gasteiger partial charge on any atom is -0.508 e. The minimum absolute atomic E-state index is 0.0116. The number of thioether (sulfide) groups is 2. The van der Waals surface area contributed by atoms with Crippen molar-refractivity contribution in [1.29, 1.82) is 0 Å². The predicted octanol–water partition coefficient (Wildman–Crippen LogP) is 2.28. The molecule has 0 spiro atoms. The van der Waals surface area contributed by atoms with Crippen molar-refractivity contribution in [2.75, 3.05) is 6.79 Å². The van der Waals surface area contributed by atoms with Crippen molar-refractivity contribution in [3.63, 3.8) is 0 Å². The van der Waals surface area contributed by atoms with Crippen LogP contribution >= 0.6 is 23.5 Å². The highest BCUT2D eigenvalue weighted by molar-refractivity contribution is 8.02. The number of hydrogen-bond donors (Lipinski definition) is 2. The molecule has 0 bridgehead atoms. The molecular formula is C32H40N4O10S2. The third-order valence-corrected chi connectivity index (χ3v) is 11.6. The molecule has 5 rings (SSSR count). The Kier molecular flexibility index (Phi) is 9.81. The highest BCUT2D eigenvalue weighted by atomic mass is 32.2. The minimum atomic E-state index is -1.14. The number of rotatable bonds is 11. The second-order valence-corrected chi connectivity index (χ2v) is 17.1. The number of aliphatic imine (C=N–C) groups is 1. The number of carbonyl (C=O) groups is 6. The first-order chi connectivity index (χ1) is 22.4. The van der Waals surface area contributed by atoms with Gasteiger partial charge in [0.2, 0.25) is 24.5 Å². The number of amides is 3. The second kappa shape index (κ2) is 13.3. The van der Waals surface area contributed by atoms with Crippen LogP contribution in [0, 0.1) is 0 Å². The van der Waals surface area contributed by atoms with Crippen LogP contribution < -0.4 is 5.32 Å². The molecule has 4 aliphatic rings. The predicted molar refractivity (Wildman–Crippen MR) is 176 cm³/mol. The Morgan fingerprint density at radius 3 is 2.15 bits per heavy atom. The summed E-state index contributed by atoms with van der Waals surface area (Å²) >= 11 is 2.84. The van der Waals surface area contributed by atoms with Crippen molar-refractivity contribution < 1.29 is 48.1 Å². The van der Waals surface area contributed by atoms with Crippen LogP contribution in [0.1, 0.15) is 72.9 Å². The van der Waals surface area contributed by atoms with Crippen molar-refractivity contribution in [3.05, 3.63) is 29.8 Å². The lowest BCUT2D eigenvalue weighted by Gasteiger charge is -2.44. The van der Waals surface area contributed by atoms with Gasteiger partial charge in [-0.15, -0.1) is 23.5 Å². The van der Waals surface area contributed by atoms with Crippen LogP contribution in [0.15, 0.2) is 29.3 Å². The summed E-state index contributed by atoms with van der Waals surface area (Å²) in [4.78, 5) is 84.9. The molecule has 48 heavy (non-hydrogen) atoms. The van der Waals surface area contributed by atoms with Crippen molar-refractivity contribution in [2.24, 2.45) is 4.99 Å². The lowest BCUT2D eigenvalue weighted by atomic mass is 9.95. The number of fused-ring (bicyclic) bond motifs is 2. The van der Waals surface area contributed by atoms with E-state index in [1.807, 2.05) is 13.8 Å². The van der Waals surface area contributed by atoms with Crippen LogP contribution in [-0.4, -0.2) is 108 Å². The normalized spacial score (nSPS) is 27.3. The second-order valence-electron chi connectivity index (χ2n) is 13.4. The summed E-state index contributed by atoms with van der Waals surface area (Å²) in [5, 5.41) is 11.9. The maximum Gasteiger partial charge on any atom is 0.333 e. The van der Waals surface area contributed by atoms with Crippen LogP contribution in [-0.2, 0) is 43.0 Å². The molecule has 14 nitrogen and oxygen atoms in total. The van der Waals surface area contributed by atoms with Crippen molar-refractivity contribution in [2.45, 2.75) is 112 Å². The molecule has 1 aromatic rings. The number of phenolic OH excluding ortho intramolecular Hbond substituents is 1. The zero-order chi connectivity index (χ0) is 35.3. The van der Waals surface area contributed by atoms with E-state index < -0.39 is 75.6 Å². The molecule has 0 aliphatic carbocycles. The van der Waals surface area contributed by atoms with Gasteiger partial charge in [-0.25, -0.2) is 9.59 Å². The van der Waals surface area contributed by atoms with E-state index in [2.05, 4.69) is 10.3 Å². The highest BCUT2D eigenvalue weighted by Gasteiger charge is 2.65. The molecule has 3 amide bonds. The van der Waals surface area contributed by atoms with Gasteiger partial charge in [0.1, 0.15) is 29.2 Å². The average molecular weight is 705 g/mol. The Morgan fingerprint density at radius 2 is 1.56 bits per heavy atom. The van der Waals surface area contributed by atoms with Crippen LogP contribution in [0.25, 0.3) is 0 Å². The Labute approximate surface area is 286 Å². The Bertz CT molecular complexity index is 1550. The molecule has 0 aromatic heterocycles. The van der Waals surface area contributed by atoms with Crippen LogP contribution in [0.2, 0.25) is 0 Å². The van der Waals surface area contributed by atoms with Crippen LogP contribution in [0.4, 0.5) is 0 Å². The van der Waals surface area contributed by atoms with Gasteiger partial charge >= 0.3 is 17.9 Å². The van der Waals surface area contributed by atoms with Crippen molar-refractivity contribution >= 4 is 64.9 Å². The Hall–Kier alpha value is -3.79. The molecular weight excluding hydrogens is 665 g/mol. The lowest BCUT2D eigenvalue weighted by molar-refractivity contribution is -0.181. The van der Waals surface area contributed by atoms with Gasteiger partial charge in [0.15, 0.2) is 6.04 Å². The fraction of sp³-hybridized carbons (Fsp3) is 0.594. The van der Waals surface area contributed by atoms with Gasteiger partial charge in [-0.05, 0) is 66.2 Å². The number of nitrogens with zero attached hydrogens (tertiary/aromatic N) is 3. The summed E-state index contributed by atoms with van der Waals surface area (Å²) in [6, 6.07) is 1.92. The quantitative estimate of drug-likeness (QED) is 0.149. The number of hydrogen-bond acceptors (Lipinski definition) is 13. The van der Waals surface area contributed by atoms with Crippen LogP contribution in [0.5, 0.6) is 5.75 Å². The van der Waals surface area contributed by atoms with Crippen molar-refractivity contribution in [3.8, 4) is 5.75 Å². The van der Waals surface area contributed by atoms with Gasteiger partial charge in [0.25, 0.3) is 0 Å². The molecule has 4 fully saturated rings. The maximum atomic E-state index is 13.6. The van der Waals surface area contributed by atoms with E-state index in [4.69, 9.17) is 14.2 Å². The topological polar surface area (TPSA) is 181 Å². The monoisotopic (exact) mass is 704 g/mol. The molecule has 1 aromatic carbocycles. The van der Waals surface area contributed by atoms with E-state index in [9.17, 15) is 33.9 Å². The first kappa shape index (κ1) is 35.5. The molecule has 6 atom stereocenters. The Morgan fingerprint density at radius 1 is 0.979 bits per heavy atom. The summed E-state index contributed by atoms with van der Waals surface area (Å²) in [5.41, 5.74) is 0.761. The number of esters is 3. The summed E-state index contributed by atoms with van der Waals surface area (Å²) in [6.07, 6.45) is -0.0921. The van der Waals surface area contributed by atoms with Crippen LogP contribution in [0.3, 0.4) is 0 Å². The van der Waals surface area contributed by atoms with Gasteiger partial charge in [-0.3, -0.25) is 24.2 Å². The standard InChI is InChI=1S/C32H40N4O10S2/c1-15(2)46-21(39)12-16(3)33-22(17-8-10-18(37)11-9-17)26(40)34-23-27(41)36-25(32(6,7)48-28(23)36)30(43)45-14-44-29(42)24-31(4,5)47-20-13-19(38)35(20)24/h8-11,15,20,22-25,28,37H,12-14H2,1-7H3,(H,34,40)/t20-,22?,23-,24+,25+,28-/m1/s1. The van der Waals surface area contributed by atoms with E-state index in [1.165, 1.54) is 57.6 Å². The highest BCUT2D eigenvalue weighted by Crippen LogP contribution is 2.52. The third-order valence-electron chi connectivity index (χ3n) is 8.49. The largest absolute Gasteiger partial charge is 0.508 e. The van der Waals surface area contributed by atoms with Crippen molar-refractivity contribution in [1.82, 2.24) is 15.1 Å². The SMILES string of the molecule is CC(CC(=O)OC(C)C)=NC(C(=O)N[C@@H]1C(=O)N2[C@@H]1SC(C)(C)[C@@H]2C(=O)OCOC(=O)[C@@H]1N2C(=O)C[C@H]2SC1(C)C)c1ccc(O)cc1. The molecule has 0 radical (unpaired) electrons. The van der Waals surface area contributed by atoms with Gasteiger partial charge in [-0.1, -0.05) is 12.1 Å². The number of β-lactam (4-membered cyclic amide) rings is 2. The first-order valence-electron chi connectivity index (χ1n) is 15.6. The van der Waals surface area contributed by atoms with Gasteiger partial charge in [0.05, 0.1) is 24.3 Å². The van der Waals surface area contributed by atoms with E-state index in [0.717, 1.165) is 0 Å². The summed E-state index contributed by atoms with van der Waals surface area (Å²) in [5.74, 6) is -3.19. The fourth-order valence-corrected chi connectivity index (χ4v) is 9.58. The fourth-order valence-electron chi connectivity index (χ4n) is 6.34. The van der Waals surface area contributed by atoms with Gasteiger partial charge in [0, 0.05) is 15.2 Å². The third kappa shape index (κ3) is 6.86. The molecule has 4 aliphatic heterocycles. The molecule has 4 saturated heterocycles. The number of benzene rings is 1. The molecule has 16 heteroatoms. The number of nitrogens with one attached hydrogen (secondary N) is 1. The summed E-state index contributed by atoms with van der Waals surface area (Å²) < 4.78 is 14.4. The Balaban J connectivity index is 1.22. The molecule has 260 valence electrons. The lowest BCUT2D eigenvalue weighted by Crippen LogP contribution is -2.71. The van der Waals surface area contributed by atoms with E-state index >= 15 is 0 Å². The number of carbonyl (C=O) groups excluding carboxylic acids is 6. The zero-order valence-corrected chi connectivity index (χ0v) is 29.4. The smallest absolute Gasteiger partial charge is 0.333 e. The summed E-state index contributed by atoms with van der Waals surface area (Å²) in [6.45, 7) is 11.6. The molecule has 4 heterocycles. The van der Waals surface area contributed by atoms with E-state index in [0.29, 0.717) is 17.7 Å². The summed E-state index contributed by atoms with van der Waals surface area (Å²) in [7, 11) is 0. The number of ether oxygens (including phenoxy) is 3. The van der Waals surface area contributed by atoms with Gasteiger partial charge in [-0.2, -0.15) is 0 Å². The van der Waals surface area contributed by atoms with Gasteiger partial charge < -0.3 is 34.4 Å². The number of phenols is 1. The zero-order valence-electron chi connectivity index (χ0n) is 27.8. The molecule has 0 saturated carbocycles. The number of aromatic hydroxyl groups is 1. The average Bonchev–Trinajstić information content (AvgIpc) is 3.37. The maximum absolute atomic E-state index is 13.6. The first-order valence-corrected chi connectivity index (χ1v) is 17.3. The van der Waals surface area contributed by atoms with E-state index in [1.54, 1.807) is 34.6 Å².